The average Bonchev–Trinajstić information content (AvgIpc) is 2.60. The number of carboxylic acid groups (broad SMARTS) is 1. The van der Waals surface area contributed by atoms with E-state index in [0.717, 1.165) is 12.1 Å². The van der Waals surface area contributed by atoms with E-state index in [1.165, 1.54) is 12.1 Å². The minimum atomic E-state index is -4.42. The third-order valence-corrected chi connectivity index (χ3v) is 4.85. The first-order valence-corrected chi connectivity index (χ1v) is 9.17. The van der Waals surface area contributed by atoms with Crippen molar-refractivity contribution in [3.8, 4) is 5.75 Å². The van der Waals surface area contributed by atoms with Crippen LogP contribution in [-0.4, -0.2) is 29.2 Å². The van der Waals surface area contributed by atoms with Gasteiger partial charge in [0.15, 0.2) is 5.75 Å². The van der Waals surface area contributed by atoms with Crippen molar-refractivity contribution < 1.29 is 28.0 Å². The average molecular weight is 407 g/mol. The number of halogens is 1. The zero-order chi connectivity index (χ0) is 19.8. The molecule has 0 bridgehead atoms. The number of benzene rings is 3. The predicted molar refractivity (Wildman–Crippen MR) is 98.0 cm³/mol. The van der Waals surface area contributed by atoms with Crippen molar-refractivity contribution >= 4 is 49.8 Å². The molecule has 0 saturated carbocycles. The molecule has 0 aliphatic heterocycles. The predicted octanol–water partition coefficient (Wildman–Crippen LogP) is 4.56. The van der Waals surface area contributed by atoms with E-state index < -0.39 is 26.7 Å². The number of rotatable bonds is 4. The van der Waals surface area contributed by atoms with E-state index in [2.05, 4.69) is 10.2 Å². The van der Waals surface area contributed by atoms with E-state index in [1.54, 1.807) is 24.3 Å². The van der Waals surface area contributed by atoms with Crippen LogP contribution in [-0.2, 0) is 10.1 Å². The quantitative estimate of drug-likeness (QED) is 0.429. The molecule has 3 aromatic rings. The number of carboxylic acids is 1. The van der Waals surface area contributed by atoms with Crippen LogP contribution in [0.4, 0.5) is 11.4 Å². The summed E-state index contributed by atoms with van der Waals surface area (Å²) in [7, 11) is -4.42. The molecule has 0 aromatic heterocycles. The van der Waals surface area contributed by atoms with Gasteiger partial charge in [-0.15, -0.1) is 10.2 Å². The number of nitrogens with zero attached hydrogens (tertiary/aromatic N) is 2. The van der Waals surface area contributed by atoms with Crippen molar-refractivity contribution in [1.29, 1.82) is 0 Å². The van der Waals surface area contributed by atoms with Gasteiger partial charge in [-0.05, 0) is 29.7 Å². The summed E-state index contributed by atoms with van der Waals surface area (Å²) in [6.07, 6.45) is 0. The molecule has 10 heteroatoms. The van der Waals surface area contributed by atoms with E-state index in [4.69, 9.17) is 16.2 Å². The Morgan fingerprint density at radius 3 is 2.37 bits per heavy atom. The normalized spacial score (nSPS) is 11.9. The number of fused-ring (bicyclic) bond motifs is 1. The van der Waals surface area contributed by atoms with Crippen LogP contribution in [0.3, 0.4) is 0 Å². The fraction of sp³-hybridized carbons (Fsp3) is 0. The Kier molecular flexibility index (Phi) is 4.83. The molecule has 3 N–H and O–H groups in total. The topological polar surface area (TPSA) is 137 Å². The third kappa shape index (κ3) is 3.75. The fourth-order valence-corrected chi connectivity index (χ4v) is 3.20. The van der Waals surface area contributed by atoms with Crippen LogP contribution >= 0.6 is 11.6 Å². The van der Waals surface area contributed by atoms with Crippen LogP contribution in [0, 0.1) is 0 Å². The van der Waals surface area contributed by atoms with E-state index >= 15 is 0 Å². The van der Waals surface area contributed by atoms with E-state index in [0.29, 0.717) is 10.8 Å². The molecule has 0 heterocycles. The molecule has 0 unspecified atom stereocenters. The van der Waals surface area contributed by atoms with E-state index in [-0.39, 0.29) is 22.0 Å². The second-order valence-corrected chi connectivity index (χ2v) is 7.26. The van der Waals surface area contributed by atoms with Crippen molar-refractivity contribution in [1.82, 2.24) is 0 Å². The Labute approximate surface area is 158 Å². The van der Waals surface area contributed by atoms with Gasteiger partial charge in [0.1, 0.15) is 16.9 Å². The van der Waals surface area contributed by atoms with E-state index in [1.807, 2.05) is 0 Å². The van der Waals surface area contributed by atoms with Gasteiger partial charge in [-0.1, -0.05) is 35.9 Å². The smallest absolute Gasteiger partial charge is 0.339 e. The Bertz CT molecular complexity index is 1210. The van der Waals surface area contributed by atoms with Gasteiger partial charge in [0, 0.05) is 5.39 Å². The molecule has 0 saturated heterocycles. The summed E-state index contributed by atoms with van der Waals surface area (Å²) in [6, 6.07) is 11.3. The molecule has 0 atom stereocenters. The molecule has 3 rings (SSSR count). The van der Waals surface area contributed by atoms with Crippen LogP contribution < -0.4 is 0 Å². The number of aromatic carboxylic acids is 1. The monoisotopic (exact) mass is 406 g/mol. The standard InChI is InChI=1S/C17H11ClN2O6S/c18-13-8-10(27(24,25)26)5-6-14(13)19-20-15-11-4-2-1-3-9(11)7-12(16(15)21)17(22)23/h1-8,21H,(H,22,23)(H,24,25,26). The highest BCUT2D eigenvalue weighted by molar-refractivity contribution is 7.85. The van der Waals surface area contributed by atoms with Gasteiger partial charge in [0.25, 0.3) is 10.1 Å². The van der Waals surface area contributed by atoms with Gasteiger partial charge in [-0.25, -0.2) is 4.79 Å². The summed E-state index contributed by atoms with van der Waals surface area (Å²) >= 11 is 5.96. The molecule has 0 aliphatic rings. The van der Waals surface area contributed by atoms with Crippen LogP contribution in [0.1, 0.15) is 10.4 Å². The van der Waals surface area contributed by atoms with Crippen molar-refractivity contribution in [2.24, 2.45) is 10.2 Å². The summed E-state index contributed by atoms with van der Waals surface area (Å²) in [5.41, 5.74) is -0.343. The van der Waals surface area contributed by atoms with Crippen molar-refractivity contribution in [3.05, 3.63) is 59.1 Å². The zero-order valence-electron chi connectivity index (χ0n) is 13.4. The van der Waals surface area contributed by atoms with Gasteiger partial charge < -0.3 is 10.2 Å². The molecule has 3 aromatic carbocycles. The number of carbonyl (C=O) groups is 1. The molecular formula is C17H11ClN2O6S. The minimum Gasteiger partial charge on any atom is -0.505 e. The second kappa shape index (κ2) is 6.95. The molecule has 27 heavy (non-hydrogen) atoms. The molecule has 0 radical (unpaired) electrons. The van der Waals surface area contributed by atoms with Gasteiger partial charge in [-0.3, -0.25) is 4.55 Å². The molecule has 8 nitrogen and oxygen atoms in total. The first kappa shape index (κ1) is 18.8. The summed E-state index contributed by atoms with van der Waals surface area (Å²) in [5, 5.41) is 28.2. The minimum absolute atomic E-state index is 0.0632. The van der Waals surface area contributed by atoms with Crippen LogP contribution in [0.15, 0.2) is 63.7 Å². The molecule has 0 aliphatic carbocycles. The van der Waals surface area contributed by atoms with Gasteiger partial charge in [0.05, 0.1) is 9.92 Å². The first-order chi connectivity index (χ1) is 12.7. The summed E-state index contributed by atoms with van der Waals surface area (Å²) in [6.45, 7) is 0. The lowest BCUT2D eigenvalue weighted by molar-refractivity contribution is 0.0694. The summed E-state index contributed by atoms with van der Waals surface area (Å²) in [5.74, 6) is -1.89. The number of azo groups is 1. The Morgan fingerprint density at radius 2 is 1.74 bits per heavy atom. The Hall–Kier alpha value is -3.01. The largest absolute Gasteiger partial charge is 0.505 e. The number of phenols is 1. The number of hydrogen-bond acceptors (Lipinski definition) is 6. The number of aromatic hydroxyl groups is 1. The summed E-state index contributed by atoms with van der Waals surface area (Å²) in [4.78, 5) is 10.9. The summed E-state index contributed by atoms with van der Waals surface area (Å²) < 4.78 is 31.3. The van der Waals surface area contributed by atoms with Crippen molar-refractivity contribution in [3.63, 3.8) is 0 Å². The van der Waals surface area contributed by atoms with Gasteiger partial charge >= 0.3 is 5.97 Å². The molecule has 0 fully saturated rings. The Balaban J connectivity index is 2.14. The SMILES string of the molecule is O=C(O)c1cc2ccccc2c(N=Nc2ccc(S(=O)(=O)O)cc2Cl)c1O. The van der Waals surface area contributed by atoms with Crippen LogP contribution in [0.25, 0.3) is 10.8 Å². The highest BCUT2D eigenvalue weighted by Gasteiger charge is 2.18. The lowest BCUT2D eigenvalue weighted by Crippen LogP contribution is -1.97. The maximum absolute atomic E-state index is 11.3. The molecule has 138 valence electrons. The number of hydrogen-bond donors (Lipinski definition) is 3. The fourth-order valence-electron chi connectivity index (χ4n) is 2.41. The lowest BCUT2D eigenvalue weighted by Gasteiger charge is -2.07. The van der Waals surface area contributed by atoms with Crippen molar-refractivity contribution in [2.45, 2.75) is 4.90 Å². The molecule has 0 spiro atoms. The van der Waals surface area contributed by atoms with Gasteiger partial charge in [-0.2, -0.15) is 8.42 Å². The highest BCUT2D eigenvalue weighted by Crippen LogP contribution is 2.40. The van der Waals surface area contributed by atoms with Crippen molar-refractivity contribution in [2.75, 3.05) is 0 Å². The second-order valence-electron chi connectivity index (χ2n) is 5.44. The van der Waals surface area contributed by atoms with E-state index in [9.17, 15) is 23.4 Å². The highest BCUT2D eigenvalue weighted by atomic mass is 35.5. The first-order valence-electron chi connectivity index (χ1n) is 7.35. The maximum Gasteiger partial charge on any atom is 0.339 e. The lowest BCUT2D eigenvalue weighted by atomic mass is 10.0. The van der Waals surface area contributed by atoms with Gasteiger partial charge in [0.2, 0.25) is 0 Å². The molecule has 0 amide bonds. The Morgan fingerprint density at radius 1 is 1.04 bits per heavy atom. The van der Waals surface area contributed by atoms with Crippen LogP contribution in [0.2, 0.25) is 5.02 Å². The maximum atomic E-state index is 11.3. The van der Waals surface area contributed by atoms with Crippen LogP contribution in [0.5, 0.6) is 5.75 Å². The zero-order valence-corrected chi connectivity index (χ0v) is 14.9. The molecular weight excluding hydrogens is 396 g/mol. The third-order valence-electron chi connectivity index (χ3n) is 3.70.